The van der Waals surface area contributed by atoms with Gasteiger partial charge in [-0.25, -0.2) is 13.1 Å². The van der Waals surface area contributed by atoms with Crippen LogP contribution in [0.15, 0.2) is 82.3 Å². The van der Waals surface area contributed by atoms with Crippen LogP contribution < -0.4 is 15.4 Å². The van der Waals surface area contributed by atoms with E-state index < -0.39 is 10.0 Å². The Morgan fingerprint density at radius 2 is 1.66 bits per heavy atom. The molecule has 0 saturated carbocycles. The maximum Gasteiger partial charge on any atom is 0.251 e. The van der Waals surface area contributed by atoms with Gasteiger partial charge < -0.3 is 15.1 Å². The fourth-order valence-electron chi connectivity index (χ4n) is 3.88. The topological polar surface area (TPSA) is 121 Å². The number of amides is 2. The Balaban J connectivity index is 1.22. The van der Waals surface area contributed by atoms with Gasteiger partial charge in [-0.1, -0.05) is 18.2 Å². The molecule has 0 spiro atoms. The number of sulfonamides is 1. The molecule has 2 aromatic carbocycles. The Bertz CT molecular complexity index is 1220. The molecule has 184 valence electrons. The molecule has 4 rings (SSSR count). The van der Waals surface area contributed by atoms with E-state index in [9.17, 15) is 18.0 Å². The highest BCUT2D eigenvalue weighted by atomic mass is 32.2. The molecule has 1 aromatic heterocycles. The lowest BCUT2D eigenvalue weighted by molar-refractivity contribution is -0.117. The zero-order chi connectivity index (χ0) is 24.7. The van der Waals surface area contributed by atoms with Crippen LogP contribution in [0.4, 0.5) is 5.69 Å². The standard InChI is InChI=1S/C25H28N4O5S/c30-24(27-20-5-2-1-3-6-20)18-29-14-12-21(13-15-29)28-25(31)19-8-10-23(11-9-19)35(32,33)26-17-22-7-4-16-34-22/h1-11,16,21,26H,12-15,17-18H2,(H,27,30)(H,28,31). The second-order valence-corrected chi connectivity index (χ2v) is 10.1. The maximum absolute atomic E-state index is 12.7. The second kappa shape index (κ2) is 11.3. The van der Waals surface area contributed by atoms with Crippen molar-refractivity contribution in [2.45, 2.75) is 30.3 Å². The first kappa shape index (κ1) is 24.6. The quantitative estimate of drug-likeness (QED) is 0.419. The van der Waals surface area contributed by atoms with Crippen LogP contribution >= 0.6 is 0 Å². The van der Waals surface area contributed by atoms with Crippen molar-refractivity contribution in [2.75, 3.05) is 25.0 Å². The monoisotopic (exact) mass is 496 g/mol. The van der Waals surface area contributed by atoms with E-state index in [0.717, 1.165) is 18.5 Å². The number of anilines is 1. The molecule has 0 aliphatic carbocycles. The Hall–Kier alpha value is -3.47. The minimum absolute atomic E-state index is 0.00527. The van der Waals surface area contributed by atoms with Gasteiger partial charge in [0.05, 0.1) is 24.2 Å². The highest BCUT2D eigenvalue weighted by Gasteiger charge is 2.23. The number of furan rings is 1. The van der Waals surface area contributed by atoms with E-state index in [2.05, 4.69) is 20.3 Å². The molecule has 0 radical (unpaired) electrons. The lowest BCUT2D eigenvalue weighted by Crippen LogP contribution is -2.46. The third-order valence-corrected chi connectivity index (χ3v) is 7.21. The van der Waals surface area contributed by atoms with Gasteiger partial charge in [0.15, 0.2) is 0 Å². The van der Waals surface area contributed by atoms with E-state index in [1.165, 1.54) is 30.5 Å². The number of carbonyl (C=O) groups is 2. The Labute approximate surface area is 204 Å². The van der Waals surface area contributed by atoms with Gasteiger partial charge in [0.2, 0.25) is 15.9 Å². The first-order valence-electron chi connectivity index (χ1n) is 11.4. The summed E-state index contributed by atoms with van der Waals surface area (Å²) >= 11 is 0. The number of piperidine rings is 1. The summed E-state index contributed by atoms with van der Waals surface area (Å²) in [6.07, 6.45) is 2.94. The van der Waals surface area contributed by atoms with Crippen LogP contribution in [0.2, 0.25) is 0 Å². The molecule has 0 unspecified atom stereocenters. The minimum Gasteiger partial charge on any atom is -0.468 e. The molecule has 3 aromatic rings. The van der Waals surface area contributed by atoms with Crippen LogP contribution in [0.1, 0.15) is 29.0 Å². The molecule has 1 fully saturated rings. The van der Waals surface area contributed by atoms with Crippen molar-refractivity contribution >= 4 is 27.5 Å². The zero-order valence-corrected chi connectivity index (χ0v) is 20.0. The molecule has 9 nitrogen and oxygen atoms in total. The fraction of sp³-hybridized carbons (Fsp3) is 0.280. The third-order valence-electron chi connectivity index (χ3n) is 5.79. The predicted octanol–water partition coefficient (Wildman–Crippen LogP) is 2.59. The van der Waals surface area contributed by atoms with E-state index in [-0.39, 0.29) is 29.3 Å². The van der Waals surface area contributed by atoms with Crippen LogP contribution in [-0.4, -0.2) is 50.8 Å². The summed E-state index contributed by atoms with van der Waals surface area (Å²) in [5, 5.41) is 5.89. The van der Waals surface area contributed by atoms with Gasteiger partial charge in [-0.15, -0.1) is 0 Å². The van der Waals surface area contributed by atoms with Crippen molar-refractivity contribution in [3.05, 3.63) is 84.3 Å². The highest BCUT2D eigenvalue weighted by Crippen LogP contribution is 2.15. The predicted molar refractivity (Wildman–Crippen MR) is 131 cm³/mol. The summed E-state index contributed by atoms with van der Waals surface area (Å²) in [7, 11) is -3.72. The van der Waals surface area contributed by atoms with Crippen molar-refractivity contribution in [2.24, 2.45) is 0 Å². The number of likely N-dealkylation sites (tertiary alicyclic amines) is 1. The molecule has 2 heterocycles. The van der Waals surface area contributed by atoms with Crippen molar-refractivity contribution < 1.29 is 22.4 Å². The normalized spacial score (nSPS) is 15.0. The second-order valence-electron chi connectivity index (χ2n) is 8.37. The SMILES string of the molecule is O=C(CN1CCC(NC(=O)c2ccc(S(=O)(=O)NCc3ccco3)cc2)CC1)Nc1ccccc1. The number of carbonyl (C=O) groups excluding carboxylic acids is 2. The van der Waals surface area contributed by atoms with Crippen molar-refractivity contribution in [3.8, 4) is 0 Å². The van der Waals surface area contributed by atoms with Crippen LogP contribution in [-0.2, 0) is 21.4 Å². The lowest BCUT2D eigenvalue weighted by Gasteiger charge is -2.31. The third kappa shape index (κ3) is 7.01. The molecule has 0 atom stereocenters. The highest BCUT2D eigenvalue weighted by molar-refractivity contribution is 7.89. The summed E-state index contributed by atoms with van der Waals surface area (Å²) in [4.78, 5) is 27.0. The van der Waals surface area contributed by atoms with E-state index in [4.69, 9.17) is 4.42 Å². The van der Waals surface area contributed by atoms with Gasteiger partial charge in [-0.3, -0.25) is 14.5 Å². The van der Waals surface area contributed by atoms with Crippen LogP contribution in [0.3, 0.4) is 0 Å². The molecule has 10 heteroatoms. The number of rotatable bonds is 9. The summed E-state index contributed by atoms with van der Waals surface area (Å²) < 4.78 is 32.5. The summed E-state index contributed by atoms with van der Waals surface area (Å²) in [5.74, 6) is 0.192. The summed E-state index contributed by atoms with van der Waals surface area (Å²) in [6.45, 7) is 1.75. The van der Waals surface area contributed by atoms with Crippen molar-refractivity contribution in [3.63, 3.8) is 0 Å². The van der Waals surface area contributed by atoms with Gasteiger partial charge in [-0.05, 0) is 61.4 Å². The van der Waals surface area contributed by atoms with E-state index >= 15 is 0 Å². The smallest absolute Gasteiger partial charge is 0.251 e. The largest absolute Gasteiger partial charge is 0.468 e. The molecule has 3 N–H and O–H groups in total. The Morgan fingerprint density at radius 1 is 0.943 bits per heavy atom. The molecular weight excluding hydrogens is 468 g/mol. The number of benzene rings is 2. The average Bonchev–Trinajstić information content (AvgIpc) is 3.39. The maximum atomic E-state index is 12.7. The Morgan fingerprint density at radius 3 is 2.31 bits per heavy atom. The van der Waals surface area contributed by atoms with Gasteiger partial charge in [0.1, 0.15) is 5.76 Å². The summed E-state index contributed by atoms with van der Waals surface area (Å²) in [5.41, 5.74) is 1.16. The molecule has 1 saturated heterocycles. The number of hydrogen-bond acceptors (Lipinski definition) is 6. The van der Waals surface area contributed by atoms with Crippen molar-refractivity contribution in [1.29, 1.82) is 0 Å². The van der Waals surface area contributed by atoms with Gasteiger partial charge >= 0.3 is 0 Å². The van der Waals surface area contributed by atoms with E-state index in [1.807, 2.05) is 30.3 Å². The zero-order valence-electron chi connectivity index (χ0n) is 19.1. The first-order chi connectivity index (χ1) is 16.9. The minimum atomic E-state index is -3.72. The average molecular weight is 497 g/mol. The van der Waals surface area contributed by atoms with Crippen molar-refractivity contribution in [1.82, 2.24) is 14.9 Å². The molecule has 0 bridgehead atoms. The van der Waals surface area contributed by atoms with Gasteiger partial charge in [0, 0.05) is 30.4 Å². The molecule has 1 aliphatic heterocycles. The number of para-hydroxylation sites is 1. The van der Waals surface area contributed by atoms with Gasteiger partial charge in [-0.2, -0.15) is 0 Å². The number of nitrogens with zero attached hydrogens (tertiary/aromatic N) is 1. The first-order valence-corrected chi connectivity index (χ1v) is 12.9. The fourth-order valence-corrected chi connectivity index (χ4v) is 4.87. The van der Waals surface area contributed by atoms with E-state index in [1.54, 1.807) is 12.1 Å². The summed E-state index contributed by atoms with van der Waals surface area (Å²) in [6, 6.07) is 18.5. The van der Waals surface area contributed by atoms with Crippen LogP contribution in [0.25, 0.3) is 0 Å². The van der Waals surface area contributed by atoms with E-state index in [0.29, 0.717) is 31.0 Å². The van der Waals surface area contributed by atoms with Crippen LogP contribution in [0, 0.1) is 0 Å². The molecule has 1 aliphatic rings. The lowest BCUT2D eigenvalue weighted by atomic mass is 10.0. The molecular formula is C25H28N4O5S. The van der Waals surface area contributed by atoms with Crippen LogP contribution in [0.5, 0.6) is 0 Å². The number of hydrogen-bond donors (Lipinski definition) is 3. The number of nitrogens with one attached hydrogen (secondary N) is 3. The van der Waals surface area contributed by atoms with Gasteiger partial charge in [0.25, 0.3) is 5.91 Å². The molecule has 35 heavy (non-hydrogen) atoms. The Kier molecular flexibility index (Phi) is 7.96. The molecule has 2 amide bonds.